The number of nitrogens with zero attached hydrogens (tertiary/aromatic N) is 1. The smallest absolute Gasteiger partial charge is 0.187 e. The van der Waals surface area contributed by atoms with Crippen LogP contribution in [0.2, 0.25) is 0 Å². The van der Waals surface area contributed by atoms with E-state index in [1.165, 1.54) is 11.3 Å². The van der Waals surface area contributed by atoms with Crippen molar-refractivity contribution in [2.24, 2.45) is 0 Å². The molecule has 6 unspecified atom stereocenters. The maximum absolute atomic E-state index is 10.4. The molecule has 158 valence electrons. The fraction of sp³-hybridized carbons (Fsp3) is 0.318. The minimum Gasteiger partial charge on any atom is -0.394 e. The normalized spacial score (nSPS) is 27.7. The first-order valence-corrected chi connectivity index (χ1v) is 10.4. The van der Waals surface area contributed by atoms with Gasteiger partial charge in [-0.15, -0.1) is 11.3 Å². The number of aromatic nitrogens is 1. The molecule has 8 heteroatoms. The molecule has 3 aromatic rings. The van der Waals surface area contributed by atoms with Gasteiger partial charge in [-0.3, -0.25) is 0 Å². The molecule has 4 rings (SSSR count). The fourth-order valence-corrected chi connectivity index (χ4v) is 4.36. The van der Waals surface area contributed by atoms with Crippen LogP contribution in [0.15, 0.2) is 66.9 Å². The van der Waals surface area contributed by atoms with E-state index in [0.717, 1.165) is 21.0 Å². The zero-order chi connectivity index (χ0) is 21.1. The van der Waals surface area contributed by atoms with Gasteiger partial charge in [0, 0.05) is 11.8 Å². The quantitative estimate of drug-likeness (QED) is 0.472. The molecule has 0 bridgehead atoms. The summed E-state index contributed by atoms with van der Waals surface area (Å²) in [4.78, 5) is 5.30. The molecule has 1 aromatic heterocycles. The summed E-state index contributed by atoms with van der Waals surface area (Å²) in [6.07, 6.45) is -5.60. The van der Waals surface area contributed by atoms with Crippen molar-refractivity contribution in [2.75, 3.05) is 6.61 Å². The Bertz CT molecular complexity index is 935. The number of hydrogen-bond acceptors (Lipinski definition) is 8. The largest absolute Gasteiger partial charge is 0.394 e. The molecule has 1 fully saturated rings. The second kappa shape index (κ2) is 9.32. The summed E-state index contributed by atoms with van der Waals surface area (Å²) in [6, 6.07) is 19.2. The van der Waals surface area contributed by atoms with Crippen molar-refractivity contribution in [3.8, 4) is 10.6 Å². The number of benzene rings is 2. The van der Waals surface area contributed by atoms with E-state index in [9.17, 15) is 20.4 Å². The van der Waals surface area contributed by atoms with Crippen LogP contribution in [0.4, 0.5) is 0 Å². The first-order valence-electron chi connectivity index (χ1n) is 9.60. The zero-order valence-electron chi connectivity index (χ0n) is 16.0. The predicted octanol–water partition coefficient (Wildman–Crippen LogP) is 1.72. The van der Waals surface area contributed by atoms with Crippen LogP contribution >= 0.6 is 11.3 Å². The van der Waals surface area contributed by atoms with Gasteiger partial charge in [0.05, 0.1) is 11.5 Å². The third-order valence-electron chi connectivity index (χ3n) is 5.02. The number of aliphatic hydroxyl groups excluding tert-OH is 4. The lowest BCUT2D eigenvalue weighted by Crippen LogP contribution is -2.59. The summed E-state index contributed by atoms with van der Waals surface area (Å²) < 4.78 is 11.6. The van der Waals surface area contributed by atoms with Crippen molar-refractivity contribution in [3.05, 3.63) is 77.3 Å². The molecular formula is C22H23NO6S. The second-order valence-electron chi connectivity index (χ2n) is 7.06. The number of thiazole rings is 1. The Balaban J connectivity index is 1.64. The van der Waals surface area contributed by atoms with Crippen LogP contribution < -0.4 is 0 Å². The van der Waals surface area contributed by atoms with Gasteiger partial charge in [-0.1, -0.05) is 60.7 Å². The molecule has 6 atom stereocenters. The summed E-state index contributed by atoms with van der Waals surface area (Å²) in [5, 5.41) is 40.8. The van der Waals surface area contributed by atoms with Crippen molar-refractivity contribution in [1.29, 1.82) is 0 Å². The Morgan fingerprint density at radius 2 is 1.60 bits per heavy atom. The van der Waals surface area contributed by atoms with Gasteiger partial charge in [0.25, 0.3) is 0 Å². The Labute approximate surface area is 177 Å². The van der Waals surface area contributed by atoms with E-state index in [2.05, 4.69) is 4.98 Å². The van der Waals surface area contributed by atoms with E-state index >= 15 is 0 Å². The molecule has 1 aliphatic heterocycles. The average Bonchev–Trinajstić information content (AvgIpc) is 3.28. The fourth-order valence-electron chi connectivity index (χ4n) is 3.37. The lowest BCUT2D eigenvalue weighted by molar-refractivity contribution is -0.308. The highest BCUT2D eigenvalue weighted by molar-refractivity contribution is 7.15. The summed E-state index contributed by atoms with van der Waals surface area (Å²) in [7, 11) is 0. The van der Waals surface area contributed by atoms with Crippen LogP contribution in [0, 0.1) is 0 Å². The first-order chi connectivity index (χ1) is 14.6. The van der Waals surface area contributed by atoms with Gasteiger partial charge in [0.1, 0.15) is 35.5 Å². The molecule has 0 amide bonds. The highest BCUT2D eigenvalue weighted by Crippen LogP contribution is 2.36. The van der Waals surface area contributed by atoms with Crippen LogP contribution in [-0.2, 0) is 9.47 Å². The molecule has 0 saturated carbocycles. The maximum atomic E-state index is 10.4. The van der Waals surface area contributed by atoms with E-state index < -0.39 is 43.4 Å². The predicted molar refractivity (Wildman–Crippen MR) is 111 cm³/mol. The molecule has 30 heavy (non-hydrogen) atoms. The topological polar surface area (TPSA) is 112 Å². The zero-order valence-corrected chi connectivity index (χ0v) is 16.8. The third-order valence-corrected chi connectivity index (χ3v) is 6.11. The van der Waals surface area contributed by atoms with Crippen molar-refractivity contribution < 1.29 is 29.9 Å². The molecule has 1 aliphatic rings. The van der Waals surface area contributed by atoms with E-state index in [-0.39, 0.29) is 0 Å². The Hall–Kier alpha value is -2.17. The number of aliphatic hydroxyl groups is 4. The minimum absolute atomic E-state index is 0.514. The first kappa shape index (κ1) is 21.1. The summed E-state index contributed by atoms with van der Waals surface area (Å²) in [5.74, 6) is 0. The van der Waals surface area contributed by atoms with Crippen LogP contribution in [0.25, 0.3) is 10.6 Å². The highest BCUT2D eigenvalue weighted by Gasteiger charge is 2.45. The lowest BCUT2D eigenvalue weighted by atomic mass is 9.99. The van der Waals surface area contributed by atoms with Crippen molar-refractivity contribution in [2.45, 2.75) is 36.8 Å². The molecule has 4 N–H and O–H groups in total. The molecule has 7 nitrogen and oxygen atoms in total. The number of hydrogen-bond donors (Lipinski definition) is 4. The molecule has 0 spiro atoms. The molecule has 0 radical (unpaired) electrons. The highest BCUT2D eigenvalue weighted by atomic mass is 32.1. The van der Waals surface area contributed by atoms with Crippen LogP contribution in [0.5, 0.6) is 0 Å². The molecule has 2 aromatic carbocycles. The monoisotopic (exact) mass is 429 g/mol. The van der Waals surface area contributed by atoms with Crippen LogP contribution in [0.1, 0.15) is 16.5 Å². The number of ether oxygens (including phenoxy) is 2. The van der Waals surface area contributed by atoms with Gasteiger partial charge in [-0.25, -0.2) is 4.98 Å². The van der Waals surface area contributed by atoms with Gasteiger partial charge in [0.15, 0.2) is 6.29 Å². The van der Waals surface area contributed by atoms with E-state index in [1.807, 2.05) is 60.7 Å². The minimum atomic E-state index is -1.50. The standard InChI is InChI=1S/C22H23NO6S/c24-12-15-17(25)18(26)19(27)22(28-15)29-20(13-7-3-1-4-8-13)16-11-23-21(30-16)14-9-5-2-6-10-14/h1-11,15,17-20,22,24-27H,12H2. The van der Waals surface area contributed by atoms with E-state index in [1.54, 1.807) is 6.20 Å². The second-order valence-corrected chi connectivity index (χ2v) is 8.12. The number of rotatable bonds is 6. The molecule has 1 saturated heterocycles. The van der Waals surface area contributed by atoms with Crippen molar-refractivity contribution in [1.82, 2.24) is 4.98 Å². The Kier molecular flexibility index (Phi) is 6.55. The Morgan fingerprint density at radius 3 is 2.27 bits per heavy atom. The third kappa shape index (κ3) is 4.30. The van der Waals surface area contributed by atoms with Gasteiger partial charge < -0.3 is 29.9 Å². The summed E-state index contributed by atoms with van der Waals surface area (Å²) >= 11 is 1.45. The van der Waals surface area contributed by atoms with Crippen LogP contribution in [0.3, 0.4) is 0 Å². The Morgan fingerprint density at radius 1 is 0.933 bits per heavy atom. The van der Waals surface area contributed by atoms with Crippen LogP contribution in [-0.4, -0.2) is 62.7 Å². The summed E-state index contributed by atoms with van der Waals surface area (Å²) in [6.45, 7) is -0.514. The maximum Gasteiger partial charge on any atom is 0.187 e. The van der Waals surface area contributed by atoms with Gasteiger partial charge in [0.2, 0.25) is 0 Å². The van der Waals surface area contributed by atoms with Gasteiger partial charge in [-0.05, 0) is 5.56 Å². The molecular weight excluding hydrogens is 406 g/mol. The van der Waals surface area contributed by atoms with Gasteiger partial charge in [-0.2, -0.15) is 0 Å². The van der Waals surface area contributed by atoms with E-state index in [0.29, 0.717) is 0 Å². The molecule has 0 aliphatic carbocycles. The average molecular weight is 429 g/mol. The lowest BCUT2D eigenvalue weighted by Gasteiger charge is -2.40. The van der Waals surface area contributed by atoms with Gasteiger partial charge >= 0.3 is 0 Å². The van der Waals surface area contributed by atoms with Crippen molar-refractivity contribution >= 4 is 11.3 Å². The summed E-state index contributed by atoms with van der Waals surface area (Å²) in [5.41, 5.74) is 1.80. The van der Waals surface area contributed by atoms with Crippen molar-refractivity contribution in [3.63, 3.8) is 0 Å². The SMILES string of the molecule is OCC1OC(OC(c2ccccc2)c2cnc(-c3ccccc3)s2)C(O)C(O)C1O. The molecule has 2 heterocycles. The van der Waals surface area contributed by atoms with E-state index in [4.69, 9.17) is 9.47 Å².